The molecule has 0 bridgehead atoms. The molecule has 0 aromatic carbocycles. The van der Waals surface area contributed by atoms with Crippen LogP contribution in [0.3, 0.4) is 0 Å². The Morgan fingerprint density at radius 1 is 1.60 bits per heavy atom. The summed E-state index contributed by atoms with van der Waals surface area (Å²) >= 11 is 5.16. The Labute approximate surface area is 74.2 Å². The molecular weight excluding hydrogens is 213 g/mol. The van der Waals surface area contributed by atoms with Crippen LogP contribution in [0.5, 0.6) is 0 Å². The van der Waals surface area contributed by atoms with E-state index < -0.39 is 6.64 Å². The molecule has 7 heteroatoms. The van der Waals surface area contributed by atoms with Crippen molar-refractivity contribution in [1.82, 2.24) is 4.08 Å². The summed E-state index contributed by atoms with van der Waals surface area (Å²) in [6, 6.07) is -0.0664. The van der Waals surface area contributed by atoms with Gasteiger partial charge in [-0.2, -0.15) is 4.08 Å². The van der Waals surface area contributed by atoms with Crippen LogP contribution in [-0.2, 0) is 11.8 Å². The summed E-state index contributed by atoms with van der Waals surface area (Å²) in [5.41, 5.74) is 0. The molecule has 0 aromatic heterocycles. The molecule has 0 unspecified atom stereocenters. The van der Waals surface area contributed by atoms with E-state index in [0.29, 0.717) is 0 Å². The van der Waals surface area contributed by atoms with Crippen LogP contribution in [0.25, 0.3) is 0 Å². The molecule has 10 heavy (non-hydrogen) atoms. The third kappa shape index (κ3) is 3.53. The highest BCUT2D eigenvalue weighted by molar-refractivity contribution is 8.25. The summed E-state index contributed by atoms with van der Waals surface area (Å²) in [5.74, 6) is 0. The van der Waals surface area contributed by atoms with E-state index in [1.807, 2.05) is 0 Å². The molecule has 2 N–H and O–H groups in total. The molecule has 0 amide bonds. The molecule has 0 heterocycles. The second-order valence-corrected chi connectivity index (χ2v) is 6.12. The van der Waals surface area contributed by atoms with E-state index >= 15 is 0 Å². The van der Waals surface area contributed by atoms with E-state index in [-0.39, 0.29) is 6.04 Å². The summed E-state index contributed by atoms with van der Waals surface area (Å²) in [4.78, 5) is 17.9. The zero-order valence-electron chi connectivity index (χ0n) is 5.56. The van der Waals surface area contributed by atoms with Gasteiger partial charge in [-0.15, -0.1) is 0 Å². The lowest BCUT2D eigenvalue weighted by Crippen LogP contribution is -2.18. The van der Waals surface area contributed by atoms with Gasteiger partial charge in [0.25, 0.3) is 6.64 Å². The second-order valence-electron chi connectivity index (χ2n) is 1.98. The van der Waals surface area contributed by atoms with Crippen molar-refractivity contribution in [3.8, 4) is 0 Å². The summed E-state index contributed by atoms with van der Waals surface area (Å²) in [6.07, 6.45) is 0. The van der Waals surface area contributed by atoms with Crippen LogP contribution in [0.2, 0.25) is 0 Å². The van der Waals surface area contributed by atoms with Gasteiger partial charge in [0.05, 0.1) is 0 Å². The molecule has 62 valence electrons. The third-order valence-electron chi connectivity index (χ3n) is 0.769. The minimum absolute atomic E-state index is 0.0664. The number of hydrogen-bond acceptors (Lipinski definition) is 2. The van der Waals surface area contributed by atoms with Crippen LogP contribution in [0.4, 0.5) is 0 Å². The first-order valence-electron chi connectivity index (χ1n) is 2.53. The first-order chi connectivity index (χ1) is 4.39. The van der Waals surface area contributed by atoms with Crippen LogP contribution in [-0.4, -0.2) is 19.9 Å². The first-order valence-corrected chi connectivity index (χ1v) is 6.79. The van der Waals surface area contributed by atoms with Crippen LogP contribution in [0.15, 0.2) is 0 Å². The Hall–Kier alpha value is 1.17. The third-order valence-corrected chi connectivity index (χ3v) is 4.81. The minimum atomic E-state index is -3.33. The van der Waals surface area contributed by atoms with Gasteiger partial charge in [0.15, 0.2) is 0 Å². The van der Waals surface area contributed by atoms with Gasteiger partial charge in [-0.3, -0.25) is 0 Å². The Balaban J connectivity index is 4.22. The molecule has 0 saturated heterocycles. The van der Waals surface area contributed by atoms with Crippen LogP contribution in [0, 0.1) is 0 Å². The maximum absolute atomic E-state index is 8.95. The summed E-state index contributed by atoms with van der Waals surface area (Å²) in [7, 11) is 5.33. The number of rotatable bonds is 3. The van der Waals surface area contributed by atoms with Crippen molar-refractivity contribution in [3.05, 3.63) is 0 Å². The predicted octanol–water partition coefficient (Wildman–Crippen LogP) is 1.71. The van der Waals surface area contributed by atoms with Gasteiger partial charge in [0.1, 0.15) is 0 Å². The quantitative estimate of drug-likeness (QED) is 0.561. The van der Waals surface area contributed by atoms with Crippen molar-refractivity contribution in [3.63, 3.8) is 0 Å². The largest absolute Gasteiger partial charge is 0.333 e. The Kier molecular flexibility index (Phi) is 4.76. The van der Waals surface area contributed by atoms with E-state index in [1.165, 1.54) is 4.08 Å². The zero-order chi connectivity index (χ0) is 8.36. The number of hydrogen-bond donors (Lipinski definition) is 2. The number of halogens is 1. The van der Waals surface area contributed by atoms with Crippen molar-refractivity contribution < 1.29 is 9.79 Å². The molecule has 0 spiro atoms. The van der Waals surface area contributed by atoms with Crippen molar-refractivity contribution >= 4 is 40.3 Å². The average Bonchev–Trinajstić information content (AvgIpc) is 1.60. The molecule has 3 nitrogen and oxygen atoms in total. The Morgan fingerprint density at radius 2 is 2.00 bits per heavy atom. The van der Waals surface area contributed by atoms with E-state index in [1.54, 1.807) is 13.8 Å². The number of nitrogens with zero attached hydrogens (tertiary/aromatic N) is 1. The minimum Gasteiger partial charge on any atom is -0.333 e. The smallest absolute Gasteiger partial charge is 0.269 e. The fourth-order valence-electron chi connectivity index (χ4n) is 0.421. The van der Waals surface area contributed by atoms with Gasteiger partial charge in [0.2, 0.25) is 0 Å². The van der Waals surface area contributed by atoms with Gasteiger partial charge in [-0.05, 0) is 36.3 Å². The first kappa shape index (κ1) is 11.2. The maximum atomic E-state index is 8.95. The molecule has 0 saturated carbocycles. The monoisotopic (exact) mass is 221 g/mol. The molecule has 0 atom stereocenters. The van der Waals surface area contributed by atoms with Crippen LogP contribution < -0.4 is 0 Å². The molecule has 0 aliphatic heterocycles. The van der Waals surface area contributed by atoms with Crippen LogP contribution >= 0.6 is 28.5 Å². The van der Waals surface area contributed by atoms with Gasteiger partial charge in [-0.1, -0.05) is 0 Å². The highest BCUT2D eigenvalue weighted by Crippen LogP contribution is 2.48. The van der Waals surface area contributed by atoms with Gasteiger partial charge in [0, 0.05) is 17.2 Å². The second kappa shape index (κ2) is 4.26. The van der Waals surface area contributed by atoms with Crippen molar-refractivity contribution in [2.24, 2.45) is 0 Å². The van der Waals surface area contributed by atoms with Crippen molar-refractivity contribution in [1.29, 1.82) is 0 Å². The van der Waals surface area contributed by atoms with Gasteiger partial charge in [-0.25, -0.2) is 0 Å². The highest BCUT2D eigenvalue weighted by atomic mass is 35.7. The van der Waals surface area contributed by atoms with E-state index in [4.69, 9.17) is 20.5 Å². The summed E-state index contributed by atoms with van der Waals surface area (Å²) < 4.78 is 1.20. The molecule has 0 aliphatic carbocycles. The fourth-order valence-corrected chi connectivity index (χ4v) is 3.95. The molecular formula is C3H9ClNO2PS2. The lowest BCUT2D eigenvalue weighted by Gasteiger charge is -2.24. The standard InChI is InChI=1S/C3H9ClNO2PS2/c1-3(2)5(10-4)8(6,7)9/h3H,1-2H3,(H2,6,7,9). The lowest BCUT2D eigenvalue weighted by molar-refractivity contribution is 0.401. The predicted molar refractivity (Wildman–Crippen MR) is 49.1 cm³/mol. The van der Waals surface area contributed by atoms with Crippen molar-refractivity contribution in [2.75, 3.05) is 0 Å². The van der Waals surface area contributed by atoms with E-state index in [9.17, 15) is 0 Å². The molecule has 0 radical (unpaired) electrons. The molecule has 0 rings (SSSR count). The van der Waals surface area contributed by atoms with E-state index in [0.717, 1.165) is 11.2 Å². The van der Waals surface area contributed by atoms with Gasteiger partial charge >= 0.3 is 0 Å². The molecule has 0 aliphatic rings. The topological polar surface area (TPSA) is 43.7 Å². The highest BCUT2D eigenvalue weighted by Gasteiger charge is 2.23. The molecule has 0 fully saturated rings. The zero-order valence-corrected chi connectivity index (χ0v) is 8.84. The fraction of sp³-hybridized carbons (Fsp3) is 1.00. The molecule has 0 aromatic rings. The summed E-state index contributed by atoms with van der Waals surface area (Å²) in [5, 5.41) is 0. The average molecular weight is 222 g/mol. The SMILES string of the molecule is CC(C)N(SCl)P(O)(O)=S. The Morgan fingerprint density at radius 3 is 2.00 bits per heavy atom. The van der Waals surface area contributed by atoms with Crippen LogP contribution in [0.1, 0.15) is 13.8 Å². The normalized spacial score (nSPS) is 13.1. The Bertz CT molecular complexity index is 149. The maximum Gasteiger partial charge on any atom is 0.269 e. The van der Waals surface area contributed by atoms with Gasteiger partial charge < -0.3 is 9.79 Å². The summed E-state index contributed by atoms with van der Waals surface area (Å²) in [6.45, 7) is 0.227. The van der Waals surface area contributed by atoms with Crippen molar-refractivity contribution in [2.45, 2.75) is 19.9 Å². The van der Waals surface area contributed by atoms with E-state index in [2.05, 4.69) is 11.8 Å². The lowest BCUT2D eigenvalue weighted by atomic mass is 10.4.